The topological polar surface area (TPSA) is 58.1 Å². The SMILES string of the molecule is CN=C(NCC1(N(C)C)CCOCC1)NC(C)c1cc(C)ccc1OC. The minimum absolute atomic E-state index is 0.0843. The first-order chi connectivity index (χ1) is 12.4. The zero-order valence-electron chi connectivity index (χ0n) is 17.1. The maximum absolute atomic E-state index is 5.55. The third-order valence-corrected chi connectivity index (χ3v) is 5.39. The predicted octanol–water partition coefficient (Wildman–Crippen LogP) is 2.34. The van der Waals surface area contributed by atoms with Gasteiger partial charge < -0.3 is 25.0 Å². The van der Waals surface area contributed by atoms with Gasteiger partial charge in [-0.15, -0.1) is 0 Å². The fourth-order valence-electron chi connectivity index (χ4n) is 3.45. The summed E-state index contributed by atoms with van der Waals surface area (Å²) < 4.78 is 11.1. The highest BCUT2D eigenvalue weighted by molar-refractivity contribution is 5.80. The number of hydrogen-bond donors (Lipinski definition) is 2. The van der Waals surface area contributed by atoms with E-state index in [2.05, 4.69) is 60.6 Å². The summed E-state index contributed by atoms with van der Waals surface area (Å²) in [5, 5.41) is 7.00. The average Bonchev–Trinajstić information content (AvgIpc) is 2.65. The van der Waals surface area contributed by atoms with E-state index in [0.29, 0.717) is 0 Å². The number of aryl methyl sites for hydroxylation is 1. The predicted molar refractivity (Wildman–Crippen MR) is 107 cm³/mol. The molecule has 26 heavy (non-hydrogen) atoms. The molecule has 0 bridgehead atoms. The van der Waals surface area contributed by atoms with Crippen molar-refractivity contribution in [2.24, 2.45) is 4.99 Å². The number of methoxy groups -OCH3 is 1. The molecule has 1 atom stereocenters. The van der Waals surface area contributed by atoms with Crippen molar-refractivity contribution in [3.8, 4) is 5.75 Å². The van der Waals surface area contributed by atoms with Gasteiger partial charge in [0.2, 0.25) is 0 Å². The second-order valence-electron chi connectivity index (χ2n) is 7.27. The van der Waals surface area contributed by atoms with Crippen LogP contribution in [0.25, 0.3) is 0 Å². The Bertz CT molecular complexity index is 610. The number of likely N-dealkylation sites (N-methyl/N-ethyl adjacent to an activating group) is 1. The van der Waals surface area contributed by atoms with Gasteiger partial charge in [-0.05, 0) is 46.9 Å². The van der Waals surface area contributed by atoms with Gasteiger partial charge in [0.15, 0.2) is 5.96 Å². The molecule has 0 radical (unpaired) electrons. The number of benzene rings is 1. The summed E-state index contributed by atoms with van der Waals surface area (Å²) in [6.07, 6.45) is 2.04. The second kappa shape index (κ2) is 9.24. The Morgan fingerprint density at radius 2 is 2.04 bits per heavy atom. The van der Waals surface area contributed by atoms with Crippen molar-refractivity contribution >= 4 is 5.96 Å². The molecule has 6 heteroatoms. The number of aliphatic imine (C=N–C) groups is 1. The molecular weight excluding hydrogens is 328 g/mol. The normalized spacial score (nSPS) is 18.5. The van der Waals surface area contributed by atoms with Crippen molar-refractivity contribution in [3.63, 3.8) is 0 Å². The van der Waals surface area contributed by atoms with Crippen LogP contribution in [-0.2, 0) is 4.74 Å². The zero-order valence-corrected chi connectivity index (χ0v) is 17.1. The average molecular weight is 363 g/mol. The van der Waals surface area contributed by atoms with Crippen LogP contribution in [0, 0.1) is 6.92 Å². The molecule has 1 aliphatic heterocycles. The summed E-state index contributed by atoms with van der Waals surface area (Å²) in [5.41, 5.74) is 2.44. The Labute approximate surface area is 158 Å². The third-order valence-electron chi connectivity index (χ3n) is 5.39. The van der Waals surface area contributed by atoms with Gasteiger partial charge in [0, 0.05) is 37.9 Å². The molecule has 2 rings (SSSR count). The molecule has 0 amide bonds. The fourth-order valence-corrected chi connectivity index (χ4v) is 3.45. The van der Waals surface area contributed by atoms with Gasteiger partial charge in [0.25, 0.3) is 0 Å². The summed E-state index contributed by atoms with van der Waals surface area (Å²) >= 11 is 0. The molecule has 1 aromatic rings. The summed E-state index contributed by atoms with van der Waals surface area (Å²) in [4.78, 5) is 6.72. The lowest BCUT2D eigenvalue weighted by atomic mass is 9.88. The van der Waals surface area contributed by atoms with E-state index < -0.39 is 0 Å². The molecule has 0 aromatic heterocycles. The van der Waals surface area contributed by atoms with Gasteiger partial charge in [-0.2, -0.15) is 0 Å². The quantitative estimate of drug-likeness (QED) is 0.601. The van der Waals surface area contributed by atoms with Gasteiger partial charge in [-0.1, -0.05) is 17.7 Å². The van der Waals surface area contributed by atoms with E-state index >= 15 is 0 Å². The van der Waals surface area contributed by atoms with E-state index in [1.54, 1.807) is 7.11 Å². The van der Waals surface area contributed by atoms with Crippen LogP contribution in [0.3, 0.4) is 0 Å². The Hall–Kier alpha value is -1.79. The standard InChI is InChI=1S/C20H34N4O2/c1-15-7-8-18(25-6)17(13-15)16(2)23-19(21-3)22-14-20(24(4)5)9-11-26-12-10-20/h7-8,13,16H,9-12,14H2,1-6H3,(H2,21,22,23). The summed E-state index contributed by atoms with van der Waals surface area (Å²) in [6, 6.07) is 6.32. The summed E-state index contributed by atoms with van der Waals surface area (Å²) in [5.74, 6) is 1.69. The monoisotopic (exact) mass is 362 g/mol. The lowest BCUT2D eigenvalue weighted by Crippen LogP contribution is -2.57. The van der Waals surface area contributed by atoms with Gasteiger partial charge in [0.1, 0.15) is 5.75 Å². The van der Waals surface area contributed by atoms with Crippen LogP contribution < -0.4 is 15.4 Å². The molecular formula is C20H34N4O2. The lowest BCUT2D eigenvalue weighted by molar-refractivity contribution is -0.00502. The molecule has 146 valence electrons. The molecule has 1 heterocycles. The lowest BCUT2D eigenvalue weighted by Gasteiger charge is -2.43. The molecule has 0 aliphatic carbocycles. The van der Waals surface area contributed by atoms with Crippen LogP contribution in [0.15, 0.2) is 23.2 Å². The highest BCUT2D eigenvalue weighted by atomic mass is 16.5. The second-order valence-corrected chi connectivity index (χ2v) is 7.27. The Morgan fingerprint density at radius 1 is 1.35 bits per heavy atom. The molecule has 0 spiro atoms. The third kappa shape index (κ3) is 4.89. The van der Waals surface area contributed by atoms with Crippen LogP contribution in [0.1, 0.15) is 36.9 Å². The van der Waals surface area contributed by atoms with Crippen molar-refractivity contribution in [2.45, 2.75) is 38.3 Å². The Morgan fingerprint density at radius 3 is 2.62 bits per heavy atom. The molecule has 0 saturated carbocycles. The number of rotatable bonds is 6. The van der Waals surface area contributed by atoms with Crippen LogP contribution in [0.4, 0.5) is 0 Å². The highest BCUT2D eigenvalue weighted by Gasteiger charge is 2.34. The maximum Gasteiger partial charge on any atom is 0.191 e. The van der Waals surface area contributed by atoms with Gasteiger partial charge in [-0.25, -0.2) is 0 Å². The van der Waals surface area contributed by atoms with Gasteiger partial charge >= 0.3 is 0 Å². The number of nitrogens with one attached hydrogen (secondary N) is 2. The van der Waals surface area contributed by atoms with E-state index in [4.69, 9.17) is 9.47 Å². The van der Waals surface area contributed by atoms with E-state index in [1.165, 1.54) is 5.56 Å². The van der Waals surface area contributed by atoms with Crippen LogP contribution in [0.2, 0.25) is 0 Å². The molecule has 2 N–H and O–H groups in total. The first-order valence-corrected chi connectivity index (χ1v) is 9.29. The van der Waals surface area contributed by atoms with E-state index in [1.807, 2.05) is 13.1 Å². The van der Waals surface area contributed by atoms with Crippen LogP contribution in [0.5, 0.6) is 5.75 Å². The zero-order chi connectivity index (χ0) is 19.2. The number of ether oxygens (including phenoxy) is 2. The molecule has 1 aliphatic rings. The van der Waals surface area contributed by atoms with Crippen molar-refractivity contribution < 1.29 is 9.47 Å². The molecule has 6 nitrogen and oxygen atoms in total. The minimum Gasteiger partial charge on any atom is -0.496 e. The minimum atomic E-state index is 0.0843. The van der Waals surface area contributed by atoms with E-state index in [-0.39, 0.29) is 11.6 Å². The van der Waals surface area contributed by atoms with Crippen molar-refractivity contribution in [1.82, 2.24) is 15.5 Å². The van der Waals surface area contributed by atoms with Gasteiger partial charge in [0.05, 0.1) is 13.2 Å². The van der Waals surface area contributed by atoms with Crippen molar-refractivity contribution in [2.75, 3.05) is 48.0 Å². The molecule has 1 aromatic carbocycles. The number of nitrogens with zero attached hydrogens (tertiary/aromatic N) is 2. The summed E-state index contributed by atoms with van der Waals surface area (Å²) in [6.45, 7) is 6.67. The molecule has 1 saturated heterocycles. The highest BCUT2D eigenvalue weighted by Crippen LogP contribution is 2.27. The molecule has 1 unspecified atom stereocenters. The van der Waals surface area contributed by atoms with Crippen LogP contribution in [-0.4, -0.2) is 64.4 Å². The molecule has 1 fully saturated rings. The number of hydrogen-bond acceptors (Lipinski definition) is 4. The van der Waals surface area contributed by atoms with E-state index in [0.717, 1.165) is 49.9 Å². The summed E-state index contributed by atoms with van der Waals surface area (Å²) in [7, 11) is 7.80. The fraction of sp³-hybridized carbons (Fsp3) is 0.650. The van der Waals surface area contributed by atoms with Crippen molar-refractivity contribution in [1.29, 1.82) is 0 Å². The first-order valence-electron chi connectivity index (χ1n) is 9.29. The Balaban J connectivity index is 2.04. The first kappa shape index (κ1) is 20.5. The van der Waals surface area contributed by atoms with Crippen molar-refractivity contribution in [3.05, 3.63) is 29.3 Å². The van der Waals surface area contributed by atoms with Crippen LogP contribution >= 0.6 is 0 Å². The van der Waals surface area contributed by atoms with E-state index in [9.17, 15) is 0 Å². The smallest absolute Gasteiger partial charge is 0.191 e. The largest absolute Gasteiger partial charge is 0.496 e. The number of guanidine groups is 1. The maximum atomic E-state index is 5.55. The Kier molecular flexibility index (Phi) is 7.29. The van der Waals surface area contributed by atoms with Gasteiger partial charge in [-0.3, -0.25) is 4.99 Å².